The Morgan fingerprint density at radius 1 is 1.10 bits per heavy atom. The van der Waals surface area contributed by atoms with Gasteiger partial charge in [-0.3, -0.25) is 0 Å². The minimum absolute atomic E-state index is 0.0863. The molecule has 0 aromatic heterocycles. The van der Waals surface area contributed by atoms with Gasteiger partial charge in [0.25, 0.3) is 0 Å². The Bertz CT molecular complexity index is 1100. The van der Waals surface area contributed by atoms with Gasteiger partial charge in [0, 0.05) is 28.9 Å². The maximum atomic E-state index is 14.0. The quantitative estimate of drug-likeness (QED) is 0.407. The molecule has 0 atom stereocenters. The second kappa shape index (κ2) is 9.90. The van der Waals surface area contributed by atoms with Crippen molar-refractivity contribution in [3.63, 3.8) is 0 Å². The van der Waals surface area contributed by atoms with E-state index in [0.717, 1.165) is 5.56 Å². The zero-order chi connectivity index (χ0) is 22.5. The van der Waals surface area contributed by atoms with E-state index in [2.05, 4.69) is 5.32 Å². The zero-order valence-corrected chi connectivity index (χ0v) is 18.4. The van der Waals surface area contributed by atoms with Crippen LogP contribution in [0.2, 0.25) is 10.0 Å². The molecule has 2 N–H and O–H groups in total. The minimum Gasteiger partial charge on any atom is -0.493 e. The fourth-order valence-corrected chi connectivity index (χ4v) is 3.49. The van der Waals surface area contributed by atoms with Crippen molar-refractivity contribution >= 4 is 34.9 Å². The molecule has 0 heterocycles. The SMILES string of the molecule is COc1cc(CNc2cccc(C(=O)O)c2C)c(Cl)cc1OCc1c(F)cccc1Cl. The Labute approximate surface area is 189 Å². The van der Waals surface area contributed by atoms with Gasteiger partial charge in [-0.2, -0.15) is 0 Å². The zero-order valence-electron chi connectivity index (χ0n) is 16.8. The molecule has 0 aliphatic rings. The molecule has 0 unspecified atom stereocenters. The highest BCUT2D eigenvalue weighted by atomic mass is 35.5. The number of hydrogen-bond acceptors (Lipinski definition) is 4. The first kappa shape index (κ1) is 22.7. The van der Waals surface area contributed by atoms with Crippen molar-refractivity contribution < 1.29 is 23.8 Å². The van der Waals surface area contributed by atoms with Crippen LogP contribution in [-0.4, -0.2) is 18.2 Å². The van der Waals surface area contributed by atoms with Crippen LogP contribution in [0.1, 0.15) is 27.0 Å². The van der Waals surface area contributed by atoms with Crippen LogP contribution in [0, 0.1) is 12.7 Å². The van der Waals surface area contributed by atoms with E-state index in [1.165, 1.54) is 19.2 Å². The maximum absolute atomic E-state index is 14.0. The predicted molar refractivity (Wildman–Crippen MR) is 119 cm³/mol. The van der Waals surface area contributed by atoms with E-state index < -0.39 is 11.8 Å². The van der Waals surface area contributed by atoms with Gasteiger partial charge >= 0.3 is 5.97 Å². The molecular weight excluding hydrogens is 444 g/mol. The smallest absolute Gasteiger partial charge is 0.336 e. The monoisotopic (exact) mass is 463 g/mol. The number of aromatic carboxylic acids is 1. The molecule has 3 aromatic rings. The third-order valence-corrected chi connectivity index (χ3v) is 5.51. The van der Waals surface area contributed by atoms with E-state index in [1.807, 2.05) is 0 Å². The van der Waals surface area contributed by atoms with Crippen molar-refractivity contribution in [1.29, 1.82) is 0 Å². The first-order valence-corrected chi connectivity index (χ1v) is 10.1. The summed E-state index contributed by atoms with van der Waals surface area (Å²) in [5, 5.41) is 13.2. The molecule has 3 aromatic carbocycles. The predicted octanol–water partition coefficient (Wildman–Crippen LogP) is 6.34. The van der Waals surface area contributed by atoms with Gasteiger partial charge in [0.2, 0.25) is 0 Å². The Balaban J connectivity index is 1.78. The number of methoxy groups -OCH3 is 1. The van der Waals surface area contributed by atoms with Gasteiger partial charge < -0.3 is 19.9 Å². The van der Waals surface area contributed by atoms with Crippen LogP contribution in [-0.2, 0) is 13.2 Å². The molecule has 0 spiro atoms. The van der Waals surface area contributed by atoms with Crippen LogP contribution in [0.4, 0.5) is 10.1 Å². The van der Waals surface area contributed by atoms with E-state index in [0.29, 0.717) is 34.3 Å². The lowest BCUT2D eigenvalue weighted by Gasteiger charge is -2.16. The topological polar surface area (TPSA) is 67.8 Å². The molecule has 0 radical (unpaired) electrons. The first-order valence-electron chi connectivity index (χ1n) is 9.30. The number of benzene rings is 3. The summed E-state index contributed by atoms with van der Waals surface area (Å²) in [6, 6.07) is 12.7. The average Bonchev–Trinajstić information content (AvgIpc) is 2.73. The van der Waals surface area contributed by atoms with Crippen molar-refractivity contribution in [3.05, 3.63) is 86.6 Å². The van der Waals surface area contributed by atoms with Crippen molar-refractivity contribution in [2.24, 2.45) is 0 Å². The van der Waals surface area contributed by atoms with E-state index in [9.17, 15) is 14.3 Å². The molecule has 0 bridgehead atoms. The van der Waals surface area contributed by atoms with Crippen LogP contribution < -0.4 is 14.8 Å². The Hall–Kier alpha value is -2.96. The van der Waals surface area contributed by atoms with E-state index >= 15 is 0 Å². The van der Waals surface area contributed by atoms with E-state index in [1.54, 1.807) is 43.3 Å². The molecule has 5 nitrogen and oxygen atoms in total. The third kappa shape index (κ3) is 5.21. The van der Waals surface area contributed by atoms with Gasteiger partial charge in [-0.15, -0.1) is 0 Å². The number of ether oxygens (including phenoxy) is 2. The highest BCUT2D eigenvalue weighted by molar-refractivity contribution is 6.31. The molecule has 0 saturated carbocycles. The number of anilines is 1. The number of halogens is 3. The number of carboxylic acid groups (broad SMARTS) is 1. The lowest BCUT2D eigenvalue weighted by Crippen LogP contribution is -2.07. The number of nitrogens with one attached hydrogen (secondary N) is 1. The molecule has 3 rings (SSSR count). The van der Waals surface area contributed by atoms with Gasteiger partial charge in [0.1, 0.15) is 12.4 Å². The summed E-state index contributed by atoms with van der Waals surface area (Å²) in [5.74, 6) is -0.682. The lowest BCUT2D eigenvalue weighted by molar-refractivity contribution is 0.0696. The number of rotatable bonds is 8. The maximum Gasteiger partial charge on any atom is 0.336 e. The Morgan fingerprint density at radius 2 is 1.84 bits per heavy atom. The van der Waals surface area contributed by atoms with Crippen molar-refractivity contribution in [2.75, 3.05) is 12.4 Å². The Morgan fingerprint density at radius 3 is 2.52 bits per heavy atom. The Kier molecular flexibility index (Phi) is 7.25. The third-order valence-electron chi connectivity index (χ3n) is 4.80. The second-order valence-electron chi connectivity index (χ2n) is 6.72. The second-order valence-corrected chi connectivity index (χ2v) is 7.53. The number of hydrogen-bond donors (Lipinski definition) is 2. The van der Waals surface area contributed by atoms with Crippen molar-refractivity contribution in [1.82, 2.24) is 0 Å². The van der Waals surface area contributed by atoms with Crippen LogP contribution in [0.25, 0.3) is 0 Å². The number of carbonyl (C=O) groups is 1. The van der Waals surface area contributed by atoms with Gasteiger partial charge in [-0.1, -0.05) is 35.3 Å². The number of carboxylic acids is 1. The largest absolute Gasteiger partial charge is 0.493 e. The molecule has 0 aliphatic heterocycles. The summed E-state index contributed by atoms with van der Waals surface area (Å²) in [5.41, 5.74) is 2.49. The summed E-state index contributed by atoms with van der Waals surface area (Å²) < 4.78 is 25.1. The van der Waals surface area contributed by atoms with E-state index in [-0.39, 0.29) is 22.8 Å². The van der Waals surface area contributed by atoms with Gasteiger partial charge in [0.05, 0.1) is 17.7 Å². The molecule has 31 heavy (non-hydrogen) atoms. The summed E-state index contributed by atoms with van der Waals surface area (Å²) in [6.45, 7) is 1.98. The lowest BCUT2D eigenvalue weighted by atomic mass is 10.1. The van der Waals surface area contributed by atoms with Crippen LogP contribution in [0.15, 0.2) is 48.5 Å². The van der Waals surface area contributed by atoms with Gasteiger partial charge in [-0.25, -0.2) is 9.18 Å². The van der Waals surface area contributed by atoms with E-state index in [4.69, 9.17) is 32.7 Å². The molecular formula is C23H20Cl2FNO4. The fourth-order valence-electron chi connectivity index (χ4n) is 3.05. The molecule has 0 aliphatic carbocycles. The fraction of sp³-hybridized carbons (Fsp3) is 0.174. The first-order chi connectivity index (χ1) is 14.8. The highest BCUT2D eigenvalue weighted by Gasteiger charge is 2.15. The summed E-state index contributed by atoms with van der Waals surface area (Å²) in [7, 11) is 1.49. The van der Waals surface area contributed by atoms with Crippen molar-refractivity contribution in [3.8, 4) is 11.5 Å². The molecule has 162 valence electrons. The van der Waals surface area contributed by atoms with Crippen molar-refractivity contribution in [2.45, 2.75) is 20.1 Å². The highest BCUT2D eigenvalue weighted by Crippen LogP contribution is 2.35. The molecule has 0 fully saturated rings. The van der Waals surface area contributed by atoms with Gasteiger partial charge in [0.15, 0.2) is 11.5 Å². The van der Waals surface area contributed by atoms with Gasteiger partial charge in [-0.05, 0) is 48.4 Å². The molecule has 0 saturated heterocycles. The standard InChI is InChI=1S/C23H20Cl2FNO4/c1-13-15(23(28)29)5-3-8-20(13)27-11-14-9-21(30-2)22(10-18(14)25)31-12-16-17(24)6-4-7-19(16)26/h3-10,27H,11-12H2,1-2H3,(H,28,29). The molecule has 8 heteroatoms. The normalized spacial score (nSPS) is 10.6. The summed E-state index contributed by atoms with van der Waals surface area (Å²) >= 11 is 12.5. The van der Waals surface area contributed by atoms with Crippen LogP contribution >= 0.6 is 23.2 Å². The molecule has 0 amide bonds. The average molecular weight is 464 g/mol. The minimum atomic E-state index is -0.989. The summed E-state index contributed by atoms with van der Waals surface area (Å²) in [6.07, 6.45) is 0. The summed E-state index contributed by atoms with van der Waals surface area (Å²) in [4.78, 5) is 11.3. The van der Waals surface area contributed by atoms with Crippen LogP contribution in [0.5, 0.6) is 11.5 Å². The van der Waals surface area contributed by atoms with Crippen LogP contribution in [0.3, 0.4) is 0 Å².